The fraction of sp³-hybridized carbons (Fsp3) is 0.333. The number of halogens is 1. The second kappa shape index (κ2) is 7.38. The first kappa shape index (κ1) is 18.3. The van der Waals surface area contributed by atoms with E-state index >= 15 is 0 Å². The number of hydrogen-bond donors (Lipinski definition) is 1. The highest BCUT2D eigenvalue weighted by molar-refractivity contribution is 6.43. The van der Waals surface area contributed by atoms with Crippen LogP contribution >= 0.6 is 0 Å². The molecular formula is C21H23FN2O2. The largest absolute Gasteiger partial charge is 0.396 e. The van der Waals surface area contributed by atoms with Gasteiger partial charge in [0.2, 0.25) is 0 Å². The van der Waals surface area contributed by atoms with Crippen LogP contribution < -0.4 is 5.01 Å². The van der Waals surface area contributed by atoms with E-state index < -0.39 is 5.41 Å². The van der Waals surface area contributed by atoms with Crippen LogP contribution in [0.2, 0.25) is 0 Å². The zero-order chi connectivity index (χ0) is 18.7. The molecule has 5 heteroatoms. The molecule has 0 aliphatic carbocycles. The smallest absolute Gasteiger partial charge is 0.176 e. The van der Waals surface area contributed by atoms with Crippen LogP contribution in [0, 0.1) is 12.7 Å². The van der Waals surface area contributed by atoms with Crippen molar-refractivity contribution in [3.8, 4) is 0 Å². The van der Waals surface area contributed by atoms with Gasteiger partial charge in [-0.2, -0.15) is 5.10 Å². The van der Waals surface area contributed by atoms with Gasteiger partial charge in [-0.25, -0.2) is 4.39 Å². The molecule has 3 rings (SSSR count). The lowest BCUT2D eigenvalue weighted by Gasteiger charge is -2.31. The summed E-state index contributed by atoms with van der Waals surface area (Å²) in [5.41, 5.74) is 2.00. The zero-order valence-electron chi connectivity index (χ0n) is 15.1. The first-order chi connectivity index (χ1) is 12.5. The number of benzene rings is 2. The van der Waals surface area contributed by atoms with Crippen LogP contribution in [0.5, 0.6) is 0 Å². The number of carbonyl (C=O) groups is 1. The van der Waals surface area contributed by atoms with Crippen molar-refractivity contribution in [3.63, 3.8) is 0 Å². The molecule has 2 aromatic rings. The van der Waals surface area contributed by atoms with E-state index in [-0.39, 0.29) is 18.2 Å². The number of anilines is 1. The number of hydrazone groups is 1. The fourth-order valence-corrected chi connectivity index (χ4v) is 3.66. The number of nitrogens with zero attached hydrogens (tertiary/aromatic N) is 2. The molecule has 136 valence electrons. The molecule has 0 radical (unpaired) electrons. The van der Waals surface area contributed by atoms with Crippen molar-refractivity contribution in [1.29, 1.82) is 0 Å². The number of aliphatic hydroxyl groups is 1. The molecule has 0 saturated carbocycles. The van der Waals surface area contributed by atoms with Crippen LogP contribution in [0.25, 0.3) is 0 Å². The van der Waals surface area contributed by atoms with Gasteiger partial charge in [0.25, 0.3) is 0 Å². The number of hydrogen-bond acceptors (Lipinski definition) is 4. The van der Waals surface area contributed by atoms with Crippen molar-refractivity contribution >= 4 is 17.2 Å². The minimum absolute atomic E-state index is 0.0264. The Balaban J connectivity index is 2.11. The predicted octanol–water partition coefficient (Wildman–Crippen LogP) is 3.61. The van der Waals surface area contributed by atoms with E-state index in [9.17, 15) is 14.3 Å². The third-order valence-corrected chi connectivity index (χ3v) is 4.89. The second-order valence-corrected chi connectivity index (χ2v) is 6.79. The van der Waals surface area contributed by atoms with Gasteiger partial charge in [0.1, 0.15) is 11.5 Å². The molecule has 0 fully saturated rings. The summed E-state index contributed by atoms with van der Waals surface area (Å²) >= 11 is 0. The van der Waals surface area contributed by atoms with Crippen molar-refractivity contribution < 1.29 is 14.3 Å². The van der Waals surface area contributed by atoms with Crippen molar-refractivity contribution in [3.05, 3.63) is 65.5 Å². The molecule has 0 spiro atoms. The standard InChI is InChI=1S/C21H23FN2O2/c1-15-9-10-18(22)19(13-15)24-14-21(11-6-12-25,20(23-24)16(2)26)17-7-4-3-5-8-17/h3-5,7-10,13,25H,6,11-12,14H2,1-2H3. The van der Waals surface area contributed by atoms with Crippen LogP contribution in [-0.2, 0) is 10.2 Å². The minimum Gasteiger partial charge on any atom is -0.396 e. The topological polar surface area (TPSA) is 52.9 Å². The highest BCUT2D eigenvalue weighted by Gasteiger charge is 2.46. The van der Waals surface area contributed by atoms with E-state index in [4.69, 9.17) is 0 Å². The number of aliphatic hydroxyl groups excluding tert-OH is 1. The van der Waals surface area contributed by atoms with E-state index in [1.165, 1.54) is 13.0 Å². The molecular weight excluding hydrogens is 331 g/mol. The average molecular weight is 354 g/mol. The van der Waals surface area contributed by atoms with Gasteiger partial charge in [-0.15, -0.1) is 0 Å². The number of Topliss-reactive ketones (excluding diaryl/α,β-unsaturated/α-hetero) is 1. The van der Waals surface area contributed by atoms with Gasteiger partial charge in [-0.05, 0) is 43.0 Å². The van der Waals surface area contributed by atoms with E-state index in [2.05, 4.69) is 5.10 Å². The Morgan fingerprint density at radius 2 is 2.00 bits per heavy atom. The summed E-state index contributed by atoms with van der Waals surface area (Å²) in [5, 5.41) is 15.5. The lowest BCUT2D eigenvalue weighted by atomic mass is 9.72. The van der Waals surface area contributed by atoms with Crippen molar-refractivity contribution in [2.24, 2.45) is 5.10 Å². The Hall–Kier alpha value is -2.53. The maximum Gasteiger partial charge on any atom is 0.176 e. The molecule has 1 N–H and O–H groups in total. The minimum atomic E-state index is -0.661. The third-order valence-electron chi connectivity index (χ3n) is 4.89. The zero-order valence-corrected chi connectivity index (χ0v) is 15.1. The summed E-state index contributed by atoms with van der Waals surface area (Å²) < 4.78 is 14.4. The number of rotatable bonds is 6. The molecule has 1 aliphatic heterocycles. The Bertz CT molecular complexity index is 835. The van der Waals surface area contributed by atoms with Gasteiger partial charge in [-0.3, -0.25) is 9.80 Å². The molecule has 1 atom stereocenters. The molecule has 2 aromatic carbocycles. The molecule has 0 saturated heterocycles. The van der Waals surface area contributed by atoms with Crippen LogP contribution in [0.3, 0.4) is 0 Å². The maximum absolute atomic E-state index is 14.4. The number of carbonyl (C=O) groups excluding carboxylic acids is 1. The highest BCUT2D eigenvalue weighted by Crippen LogP contribution is 2.39. The van der Waals surface area contributed by atoms with Crippen molar-refractivity contribution in [1.82, 2.24) is 0 Å². The molecule has 0 bridgehead atoms. The third kappa shape index (κ3) is 3.27. The molecule has 0 amide bonds. The van der Waals surface area contributed by atoms with Gasteiger partial charge in [0, 0.05) is 13.5 Å². The maximum atomic E-state index is 14.4. The van der Waals surface area contributed by atoms with E-state index in [1.807, 2.05) is 37.3 Å². The normalized spacial score (nSPS) is 19.5. The van der Waals surface area contributed by atoms with Gasteiger partial charge in [0.15, 0.2) is 5.78 Å². The van der Waals surface area contributed by atoms with Gasteiger partial charge < -0.3 is 5.11 Å². The molecule has 26 heavy (non-hydrogen) atoms. The second-order valence-electron chi connectivity index (χ2n) is 6.79. The van der Waals surface area contributed by atoms with E-state index in [0.717, 1.165) is 11.1 Å². The monoisotopic (exact) mass is 354 g/mol. The van der Waals surface area contributed by atoms with E-state index in [0.29, 0.717) is 30.8 Å². The Kier molecular flexibility index (Phi) is 5.18. The first-order valence-corrected chi connectivity index (χ1v) is 8.78. The molecule has 1 heterocycles. The lowest BCUT2D eigenvalue weighted by Crippen LogP contribution is -2.41. The first-order valence-electron chi connectivity index (χ1n) is 8.78. The summed E-state index contributed by atoms with van der Waals surface area (Å²) in [6, 6.07) is 14.6. The van der Waals surface area contributed by atoms with E-state index in [1.54, 1.807) is 17.1 Å². The van der Waals surface area contributed by atoms with Gasteiger partial charge >= 0.3 is 0 Å². The summed E-state index contributed by atoms with van der Waals surface area (Å²) in [7, 11) is 0. The predicted molar refractivity (Wildman–Crippen MR) is 101 cm³/mol. The van der Waals surface area contributed by atoms with Crippen molar-refractivity contribution in [2.45, 2.75) is 32.1 Å². The molecule has 1 unspecified atom stereocenters. The van der Waals surface area contributed by atoms with Gasteiger partial charge in [0.05, 0.1) is 17.6 Å². The number of ketones is 1. The van der Waals surface area contributed by atoms with Crippen LogP contribution in [-0.4, -0.2) is 29.8 Å². The van der Waals surface area contributed by atoms with Gasteiger partial charge in [-0.1, -0.05) is 36.4 Å². The molecule has 1 aliphatic rings. The molecule has 4 nitrogen and oxygen atoms in total. The number of aryl methyl sites for hydroxylation is 1. The highest BCUT2D eigenvalue weighted by atomic mass is 19.1. The Morgan fingerprint density at radius 1 is 1.27 bits per heavy atom. The van der Waals surface area contributed by atoms with Crippen molar-refractivity contribution in [2.75, 3.05) is 18.2 Å². The molecule has 0 aromatic heterocycles. The summed E-state index contributed by atoms with van der Waals surface area (Å²) in [6.45, 7) is 3.78. The van der Waals surface area contributed by atoms with Crippen LogP contribution in [0.15, 0.2) is 53.6 Å². The van der Waals surface area contributed by atoms with Crippen LogP contribution in [0.1, 0.15) is 30.9 Å². The summed E-state index contributed by atoms with van der Waals surface area (Å²) in [4.78, 5) is 12.4. The quantitative estimate of drug-likeness (QED) is 0.862. The lowest BCUT2D eigenvalue weighted by molar-refractivity contribution is -0.111. The summed E-state index contributed by atoms with van der Waals surface area (Å²) in [5.74, 6) is -0.504. The van der Waals surface area contributed by atoms with Crippen LogP contribution in [0.4, 0.5) is 10.1 Å². The fourth-order valence-electron chi connectivity index (χ4n) is 3.66. The average Bonchev–Trinajstić information content (AvgIpc) is 3.04. The Labute approximate surface area is 153 Å². The summed E-state index contributed by atoms with van der Waals surface area (Å²) in [6.07, 6.45) is 1.10. The Morgan fingerprint density at radius 3 is 2.65 bits per heavy atom. The SMILES string of the molecule is CC(=O)C1=NN(c2cc(C)ccc2F)CC1(CCCO)c1ccccc1.